The highest BCUT2D eigenvalue weighted by atomic mass is 16.5. The van der Waals surface area contributed by atoms with Crippen LogP contribution in [0.2, 0.25) is 0 Å². The number of aromatic nitrogens is 3. The quantitative estimate of drug-likeness (QED) is 0.917. The number of amides is 1. The Kier molecular flexibility index (Phi) is 3.28. The van der Waals surface area contributed by atoms with E-state index in [2.05, 4.69) is 20.3 Å². The van der Waals surface area contributed by atoms with Crippen LogP contribution in [0.25, 0.3) is 0 Å². The van der Waals surface area contributed by atoms with Crippen molar-refractivity contribution in [3.8, 4) is 6.01 Å². The first-order valence-corrected chi connectivity index (χ1v) is 6.42. The molecule has 0 unspecified atom stereocenters. The Labute approximate surface area is 116 Å². The van der Waals surface area contributed by atoms with Gasteiger partial charge in [-0.3, -0.25) is 4.79 Å². The van der Waals surface area contributed by atoms with Crippen LogP contribution in [0.4, 0.5) is 5.82 Å². The van der Waals surface area contributed by atoms with Crippen LogP contribution < -0.4 is 10.1 Å². The van der Waals surface area contributed by atoms with Crippen LogP contribution in [-0.4, -0.2) is 28.0 Å². The molecule has 0 spiro atoms. The molecule has 6 heteroatoms. The summed E-state index contributed by atoms with van der Waals surface area (Å²) in [5, 5.41) is 2.74. The lowest BCUT2D eigenvalue weighted by atomic mass is 10.2. The van der Waals surface area contributed by atoms with E-state index in [0.29, 0.717) is 5.82 Å². The molecule has 0 fully saturated rings. The summed E-state index contributed by atoms with van der Waals surface area (Å²) < 4.78 is 4.90. The zero-order valence-electron chi connectivity index (χ0n) is 11.1. The molecule has 0 atom stereocenters. The van der Waals surface area contributed by atoms with Gasteiger partial charge in [-0.25, -0.2) is 9.97 Å². The minimum absolute atomic E-state index is 0.166. The van der Waals surface area contributed by atoms with Crippen molar-refractivity contribution >= 4 is 11.7 Å². The molecule has 0 saturated heterocycles. The summed E-state index contributed by atoms with van der Waals surface area (Å²) in [7, 11) is 1.46. The fraction of sp³-hybridized carbons (Fsp3) is 0.286. The normalized spacial score (nSPS) is 12.8. The summed E-state index contributed by atoms with van der Waals surface area (Å²) in [4.78, 5) is 24.2. The van der Waals surface area contributed by atoms with Gasteiger partial charge in [0.25, 0.3) is 5.91 Å². The van der Waals surface area contributed by atoms with Gasteiger partial charge in [-0.15, -0.1) is 0 Å². The lowest BCUT2D eigenvalue weighted by Crippen LogP contribution is -2.15. The molecular weight excluding hydrogens is 256 g/mol. The fourth-order valence-electron chi connectivity index (χ4n) is 2.27. The van der Waals surface area contributed by atoms with Crippen LogP contribution in [-0.2, 0) is 12.8 Å². The number of fused-ring (bicyclic) bond motifs is 1. The Morgan fingerprint density at radius 1 is 1.30 bits per heavy atom. The van der Waals surface area contributed by atoms with E-state index in [9.17, 15) is 4.79 Å². The Bertz CT molecular complexity index is 657. The highest BCUT2D eigenvalue weighted by Gasteiger charge is 2.14. The van der Waals surface area contributed by atoms with Crippen LogP contribution in [0.1, 0.15) is 28.0 Å². The minimum Gasteiger partial charge on any atom is -0.467 e. The maximum absolute atomic E-state index is 12.1. The van der Waals surface area contributed by atoms with E-state index >= 15 is 0 Å². The van der Waals surface area contributed by atoms with Crippen LogP contribution in [0.15, 0.2) is 24.5 Å². The monoisotopic (exact) mass is 270 g/mol. The number of ether oxygens (including phenoxy) is 1. The molecule has 0 bridgehead atoms. The van der Waals surface area contributed by atoms with Crippen molar-refractivity contribution in [2.24, 2.45) is 0 Å². The third kappa shape index (κ3) is 2.45. The highest BCUT2D eigenvalue weighted by molar-refractivity contribution is 6.02. The number of aryl methyl sites for hydroxylation is 2. The average Bonchev–Trinajstić information content (AvgIpc) is 2.95. The van der Waals surface area contributed by atoms with Crippen molar-refractivity contribution in [3.05, 3.63) is 41.3 Å². The van der Waals surface area contributed by atoms with Gasteiger partial charge in [0.05, 0.1) is 7.11 Å². The first-order valence-electron chi connectivity index (χ1n) is 6.42. The number of nitrogens with zero attached hydrogens (tertiary/aromatic N) is 3. The number of nitrogens with one attached hydrogen (secondary N) is 1. The Morgan fingerprint density at radius 2 is 2.15 bits per heavy atom. The molecule has 2 aromatic rings. The summed E-state index contributed by atoms with van der Waals surface area (Å²) >= 11 is 0. The maximum Gasteiger partial charge on any atom is 0.316 e. The standard InChI is InChI=1S/C14H14N4O2/c1-20-14-15-6-5-11(17-14)13(19)18-12-7-9-3-2-4-10(9)8-16-12/h5-8H,2-4H2,1H3,(H,16,18,19). The fourth-order valence-corrected chi connectivity index (χ4v) is 2.27. The molecule has 0 aromatic carbocycles. The second kappa shape index (κ2) is 5.24. The van der Waals surface area contributed by atoms with Crippen LogP contribution in [0.5, 0.6) is 6.01 Å². The SMILES string of the molecule is COc1nccc(C(=O)Nc2cc3c(cn2)CCC3)n1. The zero-order chi connectivity index (χ0) is 13.9. The van der Waals surface area contributed by atoms with Crippen LogP contribution >= 0.6 is 0 Å². The van der Waals surface area contributed by atoms with Gasteiger partial charge in [-0.1, -0.05) is 0 Å². The Hall–Kier alpha value is -2.50. The summed E-state index contributed by atoms with van der Waals surface area (Å²) in [6, 6.07) is 3.63. The first kappa shape index (κ1) is 12.5. The van der Waals surface area contributed by atoms with E-state index in [1.165, 1.54) is 30.5 Å². The van der Waals surface area contributed by atoms with Crippen molar-refractivity contribution in [3.63, 3.8) is 0 Å². The number of pyridine rings is 1. The molecule has 1 aliphatic carbocycles. The molecule has 3 rings (SSSR count). The number of hydrogen-bond donors (Lipinski definition) is 1. The number of hydrogen-bond acceptors (Lipinski definition) is 5. The van der Waals surface area contributed by atoms with Gasteiger partial charge < -0.3 is 10.1 Å². The number of anilines is 1. The second-order valence-electron chi connectivity index (χ2n) is 4.57. The molecule has 1 aliphatic rings. The molecule has 1 N–H and O–H groups in total. The first-order chi connectivity index (χ1) is 9.76. The zero-order valence-corrected chi connectivity index (χ0v) is 11.1. The maximum atomic E-state index is 12.1. The summed E-state index contributed by atoms with van der Waals surface area (Å²) in [5.41, 5.74) is 2.78. The molecule has 2 heterocycles. The van der Waals surface area contributed by atoms with E-state index in [-0.39, 0.29) is 17.6 Å². The third-order valence-electron chi connectivity index (χ3n) is 3.27. The molecule has 0 radical (unpaired) electrons. The summed E-state index contributed by atoms with van der Waals surface area (Å²) in [5.74, 6) is 0.226. The van der Waals surface area contributed by atoms with Crippen molar-refractivity contribution in [1.29, 1.82) is 0 Å². The van der Waals surface area contributed by atoms with Crippen molar-refractivity contribution in [2.75, 3.05) is 12.4 Å². The van der Waals surface area contributed by atoms with Gasteiger partial charge in [0.15, 0.2) is 0 Å². The number of carbonyl (C=O) groups excluding carboxylic acids is 1. The highest BCUT2D eigenvalue weighted by Crippen LogP contribution is 2.23. The van der Waals surface area contributed by atoms with Crippen molar-refractivity contribution in [2.45, 2.75) is 19.3 Å². The molecule has 0 aliphatic heterocycles. The molecule has 0 saturated carbocycles. The van der Waals surface area contributed by atoms with E-state index in [4.69, 9.17) is 4.74 Å². The van der Waals surface area contributed by atoms with Gasteiger partial charge >= 0.3 is 6.01 Å². The van der Waals surface area contributed by atoms with Crippen molar-refractivity contribution < 1.29 is 9.53 Å². The van der Waals surface area contributed by atoms with E-state index in [1.54, 1.807) is 0 Å². The lowest BCUT2D eigenvalue weighted by molar-refractivity contribution is 0.102. The number of rotatable bonds is 3. The van der Waals surface area contributed by atoms with E-state index in [0.717, 1.165) is 19.3 Å². The van der Waals surface area contributed by atoms with Crippen molar-refractivity contribution in [1.82, 2.24) is 15.0 Å². The van der Waals surface area contributed by atoms with Crippen LogP contribution in [0.3, 0.4) is 0 Å². The topological polar surface area (TPSA) is 77.0 Å². The second-order valence-corrected chi connectivity index (χ2v) is 4.57. The lowest BCUT2D eigenvalue weighted by Gasteiger charge is -2.06. The molecule has 1 amide bonds. The Morgan fingerprint density at radius 3 is 3.00 bits per heavy atom. The summed E-state index contributed by atoms with van der Waals surface area (Å²) in [6.45, 7) is 0. The molecule has 6 nitrogen and oxygen atoms in total. The minimum atomic E-state index is -0.323. The van der Waals surface area contributed by atoms with Gasteiger partial charge in [0.1, 0.15) is 11.5 Å². The predicted octanol–water partition coefficient (Wildman–Crippen LogP) is 1.62. The average molecular weight is 270 g/mol. The third-order valence-corrected chi connectivity index (χ3v) is 3.27. The molecular formula is C14H14N4O2. The molecule has 20 heavy (non-hydrogen) atoms. The summed E-state index contributed by atoms with van der Waals surface area (Å²) in [6.07, 6.45) is 6.58. The number of methoxy groups -OCH3 is 1. The van der Waals surface area contributed by atoms with Gasteiger partial charge in [0, 0.05) is 12.4 Å². The van der Waals surface area contributed by atoms with Gasteiger partial charge in [0.2, 0.25) is 0 Å². The van der Waals surface area contributed by atoms with E-state index in [1.807, 2.05) is 12.3 Å². The predicted molar refractivity (Wildman–Crippen MR) is 72.8 cm³/mol. The molecule has 102 valence electrons. The smallest absolute Gasteiger partial charge is 0.316 e. The molecule has 2 aromatic heterocycles. The largest absolute Gasteiger partial charge is 0.467 e. The van der Waals surface area contributed by atoms with Crippen LogP contribution in [0, 0.1) is 0 Å². The Balaban J connectivity index is 1.78. The number of carbonyl (C=O) groups is 1. The van der Waals surface area contributed by atoms with Gasteiger partial charge in [-0.05, 0) is 42.5 Å². The van der Waals surface area contributed by atoms with Gasteiger partial charge in [-0.2, -0.15) is 4.98 Å². The van der Waals surface area contributed by atoms with E-state index < -0.39 is 0 Å².